The summed E-state index contributed by atoms with van der Waals surface area (Å²) in [5, 5.41) is 12.4. The lowest BCUT2D eigenvalue weighted by Crippen LogP contribution is -2.43. The van der Waals surface area contributed by atoms with Crippen LogP contribution in [0.3, 0.4) is 0 Å². The topological polar surface area (TPSA) is 69.4 Å². The van der Waals surface area contributed by atoms with Crippen molar-refractivity contribution < 1.29 is 14.7 Å². The monoisotopic (exact) mass is 442 g/mol. The molecular formula is C28H30N2O3. The molecule has 3 aromatic carbocycles. The molecule has 2 unspecified atom stereocenters. The Kier molecular flexibility index (Phi) is 6.61. The minimum absolute atomic E-state index is 0.0600. The lowest BCUT2D eigenvalue weighted by molar-refractivity contribution is -0.143. The van der Waals surface area contributed by atoms with Gasteiger partial charge in [-0.2, -0.15) is 0 Å². The number of carbonyl (C=O) groups excluding carboxylic acids is 1. The summed E-state index contributed by atoms with van der Waals surface area (Å²) in [6, 6.07) is 30.4. The smallest absolute Gasteiger partial charge is 0.308 e. The van der Waals surface area contributed by atoms with Crippen molar-refractivity contribution in [1.82, 2.24) is 10.2 Å². The summed E-state index contributed by atoms with van der Waals surface area (Å²) in [6.07, 6.45) is 0. The molecule has 4 rings (SSSR count). The molecule has 1 fully saturated rings. The molecule has 1 aliphatic rings. The summed E-state index contributed by atoms with van der Waals surface area (Å²) in [5.41, 5.74) is 2.63. The van der Waals surface area contributed by atoms with Crippen molar-refractivity contribution in [1.29, 1.82) is 0 Å². The van der Waals surface area contributed by atoms with E-state index in [-0.39, 0.29) is 24.4 Å². The fraction of sp³-hybridized carbons (Fsp3) is 0.286. The number of benzene rings is 3. The van der Waals surface area contributed by atoms with Crippen LogP contribution in [0.2, 0.25) is 0 Å². The number of carbonyl (C=O) groups is 2. The van der Waals surface area contributed by atoms with Crippen molar-refractivity contribution in [2.24, 2.45) is 11.8 Å². The molecule has 0 aromatic heterocycles. The number of rotatable bonds is 9. The Bertz CT molecular complexity index is 987. The van der Waals surface area contributed by atoms with E-state index >= 15 is 0 Å². The zero-order chi connectivity index (χ0) is 23.4. The highest BCUT2D eigenvalue weighted by Crippen LogP contribution is 2.48. The Morgan fingerprint density at radius 3 is 1.67 bits per heavy atom. The van der Waals surface area contributed by atoms with Crippen molar-refractivity contribution in [3.8, 4) is 0 Å². The van der Waals surface area contributed by atoms with Gasteiger partial charge in [-0.15, -0.1) is 0 Å². The van der Waals surface area contributed by atoms with Crippen molar-refractivity contribution in [3.05, 3.63) is 108 Å². The molecule has 1 amide bonds. The van der Waals surface area contributed by atoms with E-state index in [1.54, 1.807) is 0 Å². The number of carboxylic acid groups (broad SMARTS) is 1. The second-order valence-electron chi connectivity index (χ2n) is 8.91. The van der Waals surface area contributed by atoms with Gasteiger partial charge in [0.2, 0.25) is 5.91 Å². The number of amides is 1. The molecule has 0 radical (unpaired) electrons. The van der Waals surface area contributed by atoms with Gasteiger partial charge in [-0.25, -0.2) is 0 Å². The molecule has 5 nitrogen and oxygen atoms in total. The average molecular weight is 443 g/mol. The summed E-state index contributed by atoms with van der Waals surface area (Å²) in [4.78, 5) is 26.9. The molecule has 3 aromatic rings. The predicted octanol–water partition coefficient (Wildman–Crippen LogP) is 4.14. The second-order valence-corrected chi connectivity index (χ2v) is 8.91. The maximum Gasteiger partial charge on any atom is 0.308 e. The Hall–Kier alpha value is -3.44. The van der Waals surface area contributed by atoms with Crippen LogP contribution >= 0.6 is 0 Å². The van der Waals surface area contributed by atoms with Gasteiger partial charge in [-0.1, -0.05) is 105 Å². The normalized spacial score (nSPS) is 18.5. The molecule has 3 atom stereocenters. The molecule has 1 saturated heterocycles. The predicted molar refractivity (Wildman–Crippen MR) is 129 cm³/mol. The van der Waals surface area contributed by atoms with Gasteiger partial charge in [0, 0.05) is 13.1 Å². The molecule has 0 bridgehead atoms. The molecule has 0 spiro atoms. The third kappa shape index (κ3) is 4.41. The highest BCUT2D eigenvalue weighted by Gasteiger charge is 2.55. The van der Waals surface area contributed by atoms with E-state index in [2.05, 4.69) is 46.6 Å². The van der Waals surface area contributed by atoms with Gasteiger partial charge in [0.1, 0.15) is 6.04 Å². The van der Waals surface area contributed by atoms with E-state index in [0.29, 0.717) is 6.54 Å². The molecular weight excluding hydrogens is 412 g/mol. The summed E-state index contributed by atoms with van der Waals surface area (Å²) in [7, 11) is 0. The molecule has 0 saturated carbocycles. The number of aliphatic carboxylic acids is 1. The van der Waals surface area contributed by atoms with Gasteiger partial charge in [-0.3, -0.25) is 14.5 Å². The molecule has 1 aliphatic heterocycles. The number of nitrogens with one attached hydrogen (secondary N) is 1. The molecule has 2 N–H and O–H groups in total. The van der Waals surface area contributed by atoms with Gasteiger partial charge < -0.3 is 10.4 Å². The Morgan fingerprint density at radius 2 is 1.30 bits per heavy atom. The van der Waals surface area contributed by atoms with Crippen LogP contribution in [0.5, 0.6) is 0 Å². The largest absolute Gasteiger partial charge is 0.481 e. The van der Waals surface area contributed by atoms with E-state index in [1.807, 2.05) is 68.4 Å². The van der Waals surface area contributed by atoms with Crippen LogP contribution in [-0.2, 0) is 15.1 Å². The number of nitrogens with zero attached hydrogens (tertiary/aromatic N) is 1. The van der Waals surface area contributed by atoms with Crippen LogP contribution in [0.4, 0.5) is 0 Å². The van der Waals surface area contributed by atoms with Crippen molar-refractivity contribution in [3.63, 3.8) is 0 Å². The first-order valence-electron chi connectivity index (χ1n) is 11.4. The summed E-state index contributed by atoms with van der Waals surface area (Å²) < 4.78 is 0. The van der Waals surface area contributed by atoms with Crippen LogP contribution in [0.25, 0.3) is 0 Å². The number of carboxylic acids is 1. The zero-order valence-electron chi connectivity index (χ0n) is 19.0. The van der Waals surface area contributed by atoms with Crippen molar-refractivity contribution in [2.45, 2.75) is 25.4 Å². The Morgan fingerprint density at radius 1 is 0.879 bits per heavy atom. The van der Waals surface area contributed by atoms with Crippen LogP contribution in [0, 0.1) is 11.8 Å². The van der Waals surface area contributed by atoms with Gasteiger partial charge in [0.25, 0.3) is 0 Å². The molecule has 1 heterocycles. The highest BCUT2D eigenvalue weighted by atomic mass is 16.4. The maximum atomic E-state index is 13.2. The zero-order valence-corrected chi connectivity index (χ0v) is 19.0. The number of hydrogen-bond donors (Lipinski definition) is 2. The van der Waals surface area contributed by atoms with Crippen molar-refractivity contribution >= 4 is 11.9 Å². The average Bonchev–Trinajstić information content (AvgIpc) is 3.63. The van der Waals surface area contributed by atoms with E-state index in [0.717, 1.165) is 16.7 Å². The Balaban J connectivity index is 1.72. The fourth-order valence-electron chi connectivity index (χ4n) is 4.71. The van der Waals surface area contributed by atoms with Gasteiger partial charge >= 0.3 is 5.97 Å². The fourth-order valence-corrected chi connectivity index (χ4v) is 4.71. The standard InChI is InChI=1S/C28H30N2O3/c1-20(2)24(27(32)33)18-29-26(31)25-19-30(25)28(21-12-6-3-7-13-21,22-14-8-4-9-15-22)23-16-10-5-11-17-23/h3-17,20,24-25H,18-19H2,1-2H3,(H,29,31)(H,32,33)/t24-,25?,30?/m0/s1. The summed E-state index contributed by atoms with van der Waals surface area (Å²) in [5.74, 6) is -1.68. The lowest BCUT2D eigenvalue weighted by atomic mass is 9.76. The lowest BCUT2D eigenvalue weighted by Gasteiger charge is -2.38. The minimum Gasteiger partial charge on any atom is -0.481 e. The first-order valence-corrected chi connectivity index (χ1v) is 11.4. The van der Waals surface area contributed by atoms with Gasteiger partial charge in [0.15, 0.2) is 0 Å². The van der Waals surface area contributed by atoms with Gasteiger partial charge in [0.05, 0.1) is 11.5 Å². The summed E-state index contributed by atoms with van der Waals surface area (Å²) >= 11 is 0. The third-order valence-corrected chi connectivity index (χ3v) is 6.54. The molecule has 170 valence electrons. The minimum atomic E-state index is -0.884. The van der Waals surface area contributed by atoms with Crippen molar-refractivity contribution in [2.75, 3.05) is 13.1 Å². The second kappa shape index (κ2) is 9.59. The van der Waals surface area contributed by atoms with E-state index in [4.69, 9.17) is 0 Å². The van der Waals surface area contributed by atoms with E-state index < -0.39 is 17.4 Å². The van der Waals surface area contributed by atoms with E-state index in [9.17, 15) is 14.7 Å². The number of hydrogen-bond acceptors (Lipinski definition) is 3. The van der Waals surface area contributed by atoms with Crippen LogP contribution in [-0.4, -0.2) is 41.0 Å². The van der Waals surface area contributed by atoms with E-state index in [1.165, 1.54) is 0 Å². The third-order valence-electron chi connectivity index (χ3n) is 6.54. The quantitative estimate of drug-likeness (QED) is 0.386. The van der Waals surface area contributed by atoms with Crippen LogP contribution in [0.15, 0.2) is 91.0 Å². The summed E-state index contributed by atoms with van der Waals surface area (Å²) in [6.45, 7) is 4.44. The first kappa shape index (κ1) is 22.7. The first-order chi connectivity index (χ1) is 16.0. The molecule has 33 heavy (non-hydrogen) atoms. The maximum absolute atomic E-state index is 13.2. The Labute approximate surface area is 195 Å². The SMILES string of the molecule is CC(C)[C@H](CNC(=O)C1CN1C(c1ccccc1)(c1ccccc1)c1ccccc1)C(=O)O. The van der Waals surface area contributed by atoms with Crippen LogP contribution in [0.1, 0.15) is 30.5 Å². The van der Waals surface area contributed by atoms with Crippen LogP contribution < -0.4 is 5.32 Å². The highest BCUT2D eigenvalue weighted by molar-refractivity contribution is 5.86. The molecule has 5 heteroatoms. The van der Waals surface area contributed by atoms with Gasteiger partial charge in [-0.05, 0) is 22.6 Å². The molecule has 0 aliphatic carbocycles.